The Balaban J connectivity index is 1.91. The smallest absolute Gasteiger partial charge is 0.0597 e. The van der Waals surface area contributed by atoms with Crippen molar-refractivity contribution in [2.24, 2.45) is 0 Å². The van der Waals surface area contributed by atoms with Crippen LogP contribution in [-0.2, 0) is 6.42 Å². The summed E-state index contributed by atoms with van der Waals surface area (Å²) in [4.78, 5) is 3.71. The van der Waals surface area contributed by atoms with Crippen LogP contribution in [0.4, 0.5) is 11.4 Å². The quantitative estimate of drug-likeness (QED) is 0.831. The zero-order chi connectivity index (χ0) is 14.1. The summed E-state index contributed by atoms with van der Waals surface area (Å²) < 4.78 is 1.12. The van der Waals surface area contributed by atoms with E-state index in [1.54, 1.807) is 4.88 Å². The van der Waals surface area contributed by atoms with Crippen LogP contribution in [0.5, 0.6) is 0 Å². The highest BCUT2D eigenvalue weighted by atomic mass is 79.9. The standard InChI is InChI=1S/C16H19BrN2S/c1-19(2)15-7-6-11(17)10-14(15)18-13-4-3-5-16-12(13)8-9-20-16/h6-10,13,18H,3-5H2,1-2H3. The van der Waals surface area contributed by atoms with E-state index in [1.807, 2.05) is 11.3 Å². The van der Waals surface area contributed by atoms with Gasteiger partial charge in [0.05, 0.1) is 17.4 Å². The van der Waals surface area contributed by atoms with E-state index in [0.717, 1.165) is 4.47 Å². The van der Waals surface area contributed by atoms with E-state index in [4.69, 9.17) is 0 Å². The van der Waals surface area contributed by atoms with Crippen LogP contribution in [0.3, 0.4) is 0 Å². The lowest BCUT2D eigenvalue weighted by Gasteiger charge is -2.27. The van der Waals surface area contributed by atoms with Gasteiger partial charge in [0.1, 0.15) is 0 Å². The number of halogens is 1. The molecule has 1 aliphatic carbocycles. The molecule has 0 spiro atoms. The third-order valence-electron chi connectivity index (χ3n) is 3.82. The fraction of sp³-hybridized carbons (Fsp3) is 0.375. The van der Waals surface area contributed by atoms with Crippen LogP contribution in [0.25, 0.3) is 0 Å². The molecule has 0 fully saturated rings. The lowest BCUT2D eigenvalue weighted by molar-refractivity contribution is 0.609. The first-order valence-corrected chi connectivity index (χ1v) is 8.62. The molecule has 1 heterocycles. The summed E-state index contributed by atoms with van der Waals surface area (Å²) in [6.07, 6.45) is 3.73. The highest BCUT2D eigenvalue weighted by Gasteiger charge is 2.22. The SMILES string of the molecule is CN(C)c1ccc(Br)cc1NC1CCCc2sccc21. The van der Waals surface area contributed by atoms with E-state index in [2.05, 4.69) is 69.9 Å². The summed E-state index contributed by atoms with van der Waals surface area (Å²) >= 11 is 5.47. The molecule has 1 aromatic heterocycles. The number of anilines is 2. The second-order valence-corrected chi connectivity index (χ2v) is 7.36. The lowest BCUT2D eigenvalue weighted by atomic mass is 9.94. The molecule has 0 bridgehead atoms. The van der Waals surface area contributed by atoms with Gasteiger partial charge in [-0.3, -0.25) is 0 Å². The van der Waals surface area contributed by atoms with Gasteiger partial charge in [-0.1, -0.05) is 15.9 Å². The van der Waals surface area contributed by atoms with E-state index in [9.17, 15) is 0 Å². The molecule has 1 atom stereocenters. The Hall–Kier alpha value is -1.00. The zero-order valence-electron chi connectivity index (χ0n) is 11.8. The number of benzene rings is 1. The molecule has 1 aliphatic rings. The maximum atomic E-state index is 3.75. The van der Waals surface area contributed by atoms with Crippen LogP contribution in [0.1, 0.15) is 29.3 Å². The largest absolute Gasteiger partial charge is 0.376 e. The number of hydrogen-bond donors (Lipinski definition) is 1. The van der Waals surface area contributed by atoms with Crippen molar-refractivity contribution in [2.45, 2.75) is 25.3 Å². The highest BCUT2D eigenvalue weighted by molar-refractivity contribution is 9.10. The molecule has 1 N–H and O–H groups in total. The number of fused-ring (bicyclic) bond motifs is 1. The molecule has 0 radical (unpaired) electrons. The summed E-state index contributed by atoms with van der Waals surface area (Å²) in [5.41, 5.74) is 3.93. The Kier molecular flexibility index (Phi) is 4.03. The van der Waals surface area contributed by atoms with Gasteiger partial charge in [0.25, 0.3) is 0 Å². The van der Waals surface area contributed by atoms with Gasteiger partial charge >= 0.3 is 0 Å². The van der Waals surface area contributed by atoms with Crippen LogP contribution >= 0.6 is 27.3 Å². The van der Waals surface area contributed by atoms with Crippen LogP contribution in [-0.4, -0.2) is 14.1 Å². The number of rotatable bonds is 3. The number of nitrogens with zero attached hydrogens (tertiary/aromatic N) is 1. The van der Waals surface area contributed by atoms with E-state index >= 15 is 0 Å². The van der Waals surface area contributed by atoms with Gasteiger partial charge in [0.2, 0.25) is 0 Å². The third-order valence-corrected chi connectivity index (χ3v) is 5.31. The Labute approximate surface area is 132 Å². The second kappa shape index (κ2) is 5.78. The normalized spacial score (nSPS) is 17.6. The molecule has 0 saturated carbocycles. The molecule has 1 unspecified atom stereocenters. The molecule has 4 heteroatoms. The van der Waals surface area contributed by atoms with Crippen LogP contribution in [0.15, 0.2) is 34.1 Å². The van der Waals surface area contributed by atoms with Gasteiger partial charge in [-0.25, -0.2) is 0 Å². The molecule has 106 valence electrons. The first-order chi connectivity index (χ1) is 9.65. The molecule has 3 rings (SSSR count). The topological polar surface area (TPSA) is 15.3 Å². The van der Waals surface area contributed by atoms with Crippen LogP contribution < -0.4 is 10.2 Å². The third kappa shape index (κ3) is 2.72. The number of nitrogens with one attached hydrogen (secondary N) is 1. The van der Waals surface area contributed by atoms with Crippen molar-refractivity contribution in [3.63, 3.8) is 0 Å². The van der Waals surface area contributed by atoms with Crippen molar-refractivity contribution in [3.8, 4) is 0 Å². The number of hydrogen-bond acceptors (Lipinski definition) is 3. The second-order valence-electron chi connectivity index (χ2n) is 5.44. The van der Waals surface area contributed by atoms with E-state index < -0.39 is 0 Å². The Bertz CT molecular complexity index is 606. The molecule has 0 aliphatic heterocycles. The minimum atomic E-state index is 0.443. The number of aryl methyl sites for hydroxylation is 1. The molecular formula is C16H19BrN2S. The van der Waals surface area contributed by atoms with Gasteiger partial charge in [0.15, 0.2) is 0 Å². The fourth-order valence-electron chi connectivity index (χ4n) is 2.84. The van der Waals surface area contributed by atoms with Crippen LogP contribution in [0.2, 0.25) is 0 Å². The molecule has 0 amide bonds. The van der Waals surface area contributed by atoms with E-state index in [-0.39, 0.29) is 0 Å². The minimum absolute atomic E-state index is 0.443. The summed E-state index contributed by atoms with van der Waals surface area (Å²) in [7, 11) is 4.18. The first-order valence-electron chi connectivity index (χ1n) is 6.95. The fourth-order valence-corrected chi connectivity index (χ4v) is 4.19. The molecule has 2 nitrogen and oxygen atoms in total. The Morgan fingerprint density at radius 3 is 2.95 bits per heavy atom. The summed E-state index contributed by atoms with van der Waals surface area (Å²) in [5.74, 6) is 0. The summed E-state index contributed by atoms with van der Waals surface area (Å²) in [5, 5.41) is 5.97. The predicted octanol–water partition coefficient (Wildman–Crippen LogP) is 5.07. The van der Waals surface area contributed by atoms with Gasteiger partial charge in [-0.05, 0) is 54.5 Å². The Morgan fingerprint density at radius 2 is 2.15 bits per heavy atom. The van der Waals surface area contributed by atoms with Gasteiger partial charge < -0.3 is 10.2 Å². The maximum absolute atomic E-state index is 3.75. The lowest BCUT2D eigenvalue weighted by Crippen LogP contribution is -2.18. The molecular weight excluding hydrogens is 332 g/mol. The molecule has 2 aromatic rings. The average molecular weight is 351 g/mol. The van der Waals surface area contributed by atoms with E-state index in [0.29, 0.717) is 6.04 Å². The van der Waals surface area contributed by atoms with Gasteiger partial charge in [-0.2, -0.15) is 0 Å². The van der Waals surface area contributed by atoms with Gasteiger partial charge in [0, 0.05) is 23.4 Å². The highest BCUT2D eigenvalue weighted by Crippen LogP contribution is 2.38. The van der Waals surface area contributed by atoms with Crippen molar-refractivity contribution < 1.29 is 0 Å². The molecule has 0 saturated heterocycles. The van der Waals surface area contributed by atoms with Crippen molar-refractivity contribution in [2.75, 3.05) is 24.3 Å². The van der Waals surface area contributed by atoms with Crippen molar-refractivity contribution in [3.05, 3.63) is 44.6 Å². The summed E-state index contributed by atoms with van der Waals surface area (Å²) in [6, 6.07) is 9.15. The number of thiophene rings is 1. The maximum Gasteiger partial charge on any atom is 0.0597 e. The summed E-state index contributed by atoms with van der Waals surface area (Å²) in [6.45, 7) is 0. The minimum Gasteiger partial charge on any atom is -0.376 e. The van der Waals surface area contributed by atoms with E-state index in [1.165, 1.54) is 36.2 Å². The first kappa shape index (κ1) is 14.0. The molecule has 20 heavy (non-hydrogen) atoms. The van der Waals surface area contributed by atoms with Crippen molar-refractivity contribution in [1.82, 2.24) is 0 Å². The predicted molar refractivity (Wildman–Crippen MR) is 92.1 cm³/mol. The van der Waals surface area contributed by atoms with Crippen molar-refractivity contribution in [1.29, 1.82) is 0 Å². The van der Waals surface area contributed by atoms with Crippen LogP contribution in [0, 0.1) is 0 Å². The monoisotopic (exact) mass is 350 g/mol. The Morgan fingerprint density at radius 1 is 1.30 bits per heavy atom. The van der Waals surface area contributed by atoms with Gasteiger partial charge in [-0.15, -0.1) is 11.3 Å². The zero-order valence-corrected chi connectivity index (χ0v) is 14.2. The van der Waals surface area contributed by atoms with Crippen molar-refractivity contribution >= 4 is 38.6 Å². The average Bonchev–Trinajstić information content (AvgIpc) is 2.88. The molecule has 1 aromatic carbocycles.